The molecule has 0 saturated heterocycles. The van der Waals surface area contributed by atoms with E-state index in [0.717, 1.165) is 5.76 Å². The standard InChI is InChI=1S/C9H16N2O/c1-4-5-8(2)12-9(6-10)7-11-3/h4-5,7,11H,1,6,10H2,2-3H3/b8-5-,9-7-. The molecular formula is C9H16N2O. The predicted molar refractivity (Wildman–Crippen MR) is 51.2 cm³/mol. The molecule has 0 aliphatic rings. The zero-order chi connectivity index (χ0) is 9.40. The second-order valence-corrected chi connectivity index (χ2v) is 2.22. The molecule has 0 aromatic rings. The molecule has 0 aromatic carbocycles. The first-order valence-corrected chi connectivity index (χ1v) is 3.78. The Morgan fingerprint density at radius 1 is 1.67 bits per heavy atom. The minimum atomic E-state index is 0.378. The molecule has 3 N–H and O–H groups in total. The van der Waals surface area contributed by atoms with E-state index in [1.165, 1.54) is 0 Å². The Morgan fingerprint density at radius 2 is 2.33 bits per heavy atom. The summed E-state index contributed by atoms with van der Waals surface area (Å²) in [4.78, 5) is 0. The van der Waals surface area contributed by atoms with Crippen molar-refractivity contribution < 1.29 is 4.74 Å². The van der Waals surface area contributed by atoms with E-state index in [2.05, 4.69) is 11.9 Å². The fourth-order valence-electron chi connectivity index (χ4n) is 0.698. The average molecular weight is 168 g/mol. The topological polar surface area (TPSA) is 47.3 Å². The van der Waals surface area contributed by atoms with Gasteiger partial charge in [0, 0.05) is 13.2 Å². The van der Waals surface area contributed by atoms with E-state index < -0.39 is 0 Å². The van der Waals surface area contributed by atoms with Gasteiger partial charge in [0.15, 0.2) is 0 Å². The van der Waals surface area contributed by atoms with Gasteiger partial charge in [0.2, 0.25) is 0 Å². The van der Waals surface area contributed by atoms with Crippen molar-refractivity contribution in [3.63, 3.8) is 0 Å². The number of allylic oxidation sites excluding steroid dienone is 3. The van der Waals surface area contributed by atoms with Gasteiger partial charge in [-0.05, 0) is 13.0 Å². The first-order valence-electron chi connectivity index (χ1n) is 3.78. The number of hydrogen-bond acceptors (Lipinski definition) is 3. The van der Waals surface area contributed by atoms with Crippen LogP contribution in [0.3, 0.4) is 0 Å². The molecule has 0 spiro atoms. The zero-order valence-electron chi connectivity index (χ0n) is 7.63. The highest BCUT2D eigenvalue weighted by molar-refractivity contribution is 5.06. The van der Waals surface area contributed by atoms with E-state index in [0.29, 0.717) is 12.3 Å². The third kappa shape index (κ3) is 4.57. The van der Waals surface area contributed by atoms with Crippen LogP contribution in [0, 0.1) is 0 Å². The van der Waals surface area contributed by atoms with Gasteiger partial charge in [-0.15, -0.1) is 0 Å². The Kier molecular flexibility index (Phi) is 5.83. The maximum absolute atomic E-state index is 5.42. The summed E-state index contributed by atoms with van der Waals surface area (Å²) in [7, 11) is 1.80. The summed E-state index contributed by atoms with van der Waals surface area (Å²) in [5.41, 5.74) is 5.42. The van der Waals surface area contributed by atoms with Crippen molar-refractivity contribution in [2.45, 2.75) is 6.92 Å². The van der Waals surface area contributed by atoms with E-state index in [1.807, 2.05) is 6.92 Å². The first-order chi connectivity index (χ1) is 5.74. The van der Waals surface area contributed by atoms with Gasteiger partial charge < -0.3 is 15.8 Å². The van der Waals surface area contributed by atoms with Gasteiger partial charge in [-0.3, -0.25) is 0 Å². The third-order valence-electron chi connectivity index (χ3n) is 1.15. The van der Waals surface area contributed by atoms with E-state index >= 15 is 0 Å². The number of ether oxygens (including phenoxy) is 1. The molecule has 0 saturated carbocycles. The average Bonchev–Trinajstić information content (AvgIpc) is 2.04. The monoisotopic (exact) mass is 168 g/mol. The van der Waals surface area contributed by atoms with E-state index in [4.69, 9.17) is 10.5 Å². The normalized spacial score (nSPS) is 12.6. The van der Waals surface area contributed by atoms with E-state index in [9.17, 15) is 0 Å². The van der Waals surface area contributed by atoms with Crippen molar-refractivity contribution in [2.75, 3.05) is 13.6 Å². The zero-order valence-corrected chi connectivity index (χ0v) is 7.63. The third-order valence-corrected chi connectivity index (χ3v) is 1.15. The van der Waals surface area contributed by atoms with Crippen LogP contribution < -0.4 is 11.1 Å². The van der Waals surface area contributed by atoms with Crippen molar-refractivity contribution in [3.8, 4) is 0 Å². The molecule has 0 amide bonds. The van der Waals surface area contributed by atoms with Gasteiger partial charge >= 0.3 is 0 Å². The predicted octanol–water partition coefficient (Wildman–Crippen LogP) is 1.11. The highest BCUT2D eigenvalue weighted by Crippen LogP contribution is 2.03. The Bertz CT molecular complexity index is 195. The lowest BCUT2D eigenvalue weighted by Crippen LogP contribution is -2.09. The highest BCUT2D eigenvalue weighted by atomic mass is 16.5. The number of rotatable bonds is 5. The van der Waals surface area contributed by atoms with Crippen LogP contribution in [0.25, 0.3) is 0 Å². The van der Waals surface area contributed by atoms with Gasteiger partial charge in [-0.1, -0.05) is 12.7 Å². The molecule has 0 aromatic heterocycles. The van der Waals surface area contributed by atoms with Gasteiger partial charge in [0.1, 0.15) is 11.5 Å². The van der Waals surface area contributed by atoms with Gasteiger partial charge in [-0.2, -0.15) is 0 Å². The quantitative estimate of drug-likeness (QED) is 0.477. The molecular weight excluding hydrogens is 152 g/mol. The van der Waals surface area contributed by atoms with Crippen LogP contribution in [0.1, 0.15) is 6.92 Å². The summed E-state index contributed by atoms with van der Waals surface area (Å²) >= 11 is 0. The van der Waals surface area contributed by atoms with Crippen molar-refractivity contribution in [2.24, 2.45) is 5.73 Å². The SMILES string of the molecule is C=C/C=C(/C)O/C(=C\NC)CN. The lowest BCUT2D eigenvalue weighted by molar-refractivity contribution is 0.300. The van der Waals surface area contributed by atoms with Crippen molar-refractivity contribution in [1.29, 1.82) is 0 Å². The smallest absolute Gasteiger partial charge is 0.133 e. The second-order valence-electron chi connectivity index (χ2n) is 2.22. The lowest BCUT2D eigenvalue weighted by Gasteiger charge is -2.07. The molecule has 3 nitrogen and oxygen atoms in total. The Balaban J connectivity index is 4.11. The molecule has 0 heterocycles. The minimum Gasteiger partial charge on any atom is -0.464 e. The maximum Gasteiger partial charge on any atom is 0.133 e. The maximum atomic E-state index is 5.42. The fraction of sp³-hybridized carbons (Fsp3) is 0.333. The first kappa shape index (κ1) is 10.8. The minimum absolute atomic E-state index is 0.378. The summed E-state index contributed by atoms with van der Waals surface area (Å²) in [6.07, 6.45) is 5.17. The Morgan fingerprint density at radius 3 is 2.75 bits per heavy atom. The molecule has 3 heteroatoms. The lowest BCUT2D eigenvalue weighted by atomic mass is 10.4. The highest BCUT2D eigenvalue weighted by Gasteiger charge is 1.94. The van der Waals surface area contributed by atoms with Crippen molar-refractivity contribution >= 4 is 0 Å². The van der Waals surface area contributed by atoms with Crippen LogP contribution in [0.15, 0.2) is 36.4 Å². The summed E-state index contributed by atoms with van der Waals surface area (Å²) in [6, 6.07) is 0. The number of nitrogens with one attached hydrogen (secondary N) is 1. The molecule has 0 rings (SSSR count). The molecule has 0 bridgehead atoms. The number of hydrogen-bond donors (Lipinski definition) is 2. The van der Waals surface area contributed by atoms with Crippen LogP contribution in [0.4, 0.5) is 0 Å². The summed E-state index contributed by atoms with van der Waals surface area (Å²) in [5, 5.41) is 2.85. The molecule has 0 fully saturated rings. The molecule has 0 radical (unpaired) electrons. The summed E-state index contributed by atoms with van der Waals surface area (Å²) in [5.74, 6) is 1.48. The Labute approximate surface area is 73.6 Å². The molecule has 0 aliphatic heterocycles. The molecule has 0 unspecified atom stereocenters. The molecule has 68 valence electrons. The molecule has 0 atom stereocenters. The van der Waals surface area contributed by atoms with Gasteiger partial charge in [-0.25, -0.2) is 0 Å². The number of nitrogens with two attached hydrogens (primary N) is 1. The van der Waals surface area contributed by atoms with Crippen molar-refractivity contribution in [1.82, 2.24) is 5.32 Å². The fourth-order valence-corrected chi connectivity index (χ4v) is 0.698. The van der Waals surface area contributed by atoms with Gasteiger partial charge in [0.25, 0.3) is 0 Å². The Hall–Kier alpha value is -1.22. The van der Waals surface area contributed by atoms with Crippen molar-refractivity contribution in [3.05, 3.63) is 36.4 Å². The van der Waals surface area contributed by atoms with E-state index in [-0.39, 0.29) is 0 Å². The van der Waals surface area contributed by atoms with Gasteiger partial charge in [0.05, 0.1) is 6.54 Å². The van der Waals surface area contributed by atoms with Crippen LogP contribution in [0.2, 0.25) is 0 Å². The summed E-state index contributed by atoms with van der Waals surface area (Å²) in [6.45, 7) is 5.78. The van der Waals surface area contributed by atoms with Crippen LogP contribution in [0.5, 0.6) is 0 Å². The van der Waals surface area contributed by atoms with Crippen LogP contribution >= 0.6 is 0 Å². The molecule has 12 heavy (non-hydrogen) atoms. The molecule has 0 aliphatic carbocycles. The second kappa shape index (κ2) is 6.49. The van der Waals surface area contributed by atoms with Crippen LogP contribution in [-0.2, 0) is 4.74 Å². The summed E-state index contributed by atoms with van der Waals surface area (Å²) < 4.78 is 5.34. The van der Waals surface area contributed by atoms with Crippen LogP contribution in [-0.4, -0.2) is 13.6 Å². The van der Waals surface area contributed by atoms with E-state index in [1.54, 1.807) is 25.4 Å². The largest absolute Gasteiger partial charge is 0.464 e.